The first kappa shape index (κ1) is 13.8. The molecule has 1 aliphatic heterocycles. The highest BCUT2D eigenvalue weighted by Crippen LogP contribution is 2.20. The van der Waals surface area contributed by atoms with Crippen LogP contribution in [0.5, 0.6) is 0 Å². The molecule has 5 heteroatoms. The van der Waals surface area contributed by atoms with Crippen LogP contribution >= 0.6 is 0 Å². The summed E-state index contributed by atoms with van der Waals surface area (Å²) >= 11 is 0. The van der Waals surface area contributed by atoms with Crippen LogP contribution in [0.1, 0.15) is 49.2 Å². The van der Waals surface area contributed by atoms with E-state index in [0.717, 1.165) is 18.5 Å². The van der Waals surface area contributed by atoms with E-state index >= 15 is 0 Å². The molecule has 19 heavy (non-hydrogen) atoms. The smallest absolute Gasteiger partial charge is 0.265 e. The fraction of sp³-hybridized carbons (Fsp3) is 0.571. The molecule has 1 aromatic heterocycles. The maximum Gasteiger partial charge on any atom is 0.265 e. The lowest BCUT2D eigenvalue weighted by Crippen LogP contribution is -2.54. The van der Waals surface area contributed by atoms with Crippen LogP contribution in [-0.2, 0) is 0 Å². The van der Waals surface area contributed by atoms with Crippen molar-refractivity contribution in [3.8, 4) is 0 Å². The Bertz CT molecular complexity index is 444. The number of hydrogen-bond acceptors (Lipinski definition) is 4. The van der Waals surface area contributed by atoms with Crippen LogP contribution in [-0.4, -0.2) is 28.0 Å². The van der Waals surface area contributed by atoms with Gasteiger partial charge in [-0.25, -0.2) is 9.99 Å². The number of carbonyl (C=O) groups is 1. The van der Waals surface area contributed by atoms with Crippen molar-refractivity contribution in [3.63, 3.8) is 0 Å². The van der Waals surface area contributed by atoms with Gasteiger partial charge in [-0.15, -0.1) is 0 Å². The maximum atomic E-state index is 12.3. The van der Waals surface area contributed by atoms with E-state index in [-0.39, 0.29) is 5.91 Å². The third-order valence-corrected chi connectivity index (χ3v) is 3.66. The van der Waals surface area contributed by atoms with Crippen molar-refractivity contribution in [2.45, 2.75) is 52.1 Å². The zero-order valence-corrected chi connectivity index (χ0v) is 11.8. The number of pyridine rings is 1. The molecule has 0 radical (unpaired) electrons. The predicted octanol–water partition coefficient (Wildman–Crippen LogP) is 1.88. The van der Waals surface area contributed by atoms with Gasteiger partial charge >= 0.3 is 0 Å². The number of nitrogens with two attached hydrogens (primary N) is 1. The predicted molar refractivity (Wildman–Crippen MR) is 75.5 cm³/mol. The maximum absolute atomic E-state index is 12.3. The summed E-state index contributed by atoms with van der Waals surface area (Å²) in [5, 5.41) is 2.05. The lowest BCUT2D eigenvalue weighted by Gasteiger charge is -2.38. The molecule has 0 aliphatic carbocycles. The molecule has 2 unspecified atom stereocenters. The minimum Gasteiger partial charge on any atom is -0.384 e. The zero-order chi connectivity index (χ0) is 14.0. The number of nitrogens with one attached hydrogen (secondary N) is 1. The summed E-state index contributed by atoms with van der Waals surface area (Å²) in [7, 11) is 0. The van der Waals surface area contributed by atoms with E-state index < -0.39 is 0 Å². The molecule has 104 valence electrons. The Labute approximate surface area is 114 Å². The number of aromatic nitrogens is 1. The highest BCUT2D eigenvalue weighted by Gasteiger charge is 2.26. The highest BCUT2D eigenvalue weighted by molar-refractivity contribution is 5.94. The lowest BCUT2D eigenvalue weighted by molar-refractivity contribution is 0.0369. The number of aryl methyl sites for hydroxylation is 1. The molecule has 1 amide bonds. The number of hydrogen-bond donors (Lipinski definition) is 2. The molecule has 0 aromatic carbocycles. The molecule has 2 rings (SSSR count). The number of hydrazine groups is 1. The second-order valence-corrected chi connectivity index (χ2v) is 5.40. The van der Waals surface area contributed by atoms with E-state index in [0.29, 0.717) is 23.5 Å². The van der Waals surface area contributed by atoms with Gasteiger partial charge in [0.1, 0.15) is 5.82 Å². The quantitative estimate of drug-likeness (QED) is 0.853. The van der Waals surface area contributed by atoms with Crippen LogP contribution in [0.4, 0.5) is 5.82 Å². The van der Waals surface area contributed by atoms with Crippen LogP contribution < -0.4 is 11.2 Å². The summed E-state index contributed by atoms with van der Waals surface area (Å²) in [6.45, 7) is 6.11. The first-order chi connectivity index (χ1) is 8.97. The fourth-order valence-corrected chi connectivity index (χ4v) is 2.65. The second-order valence-electron chi connectivity index (χ2n) is 5.40. The van der Waals surface area contributed by atoms with Crippen molar-refractivity contribution in [3.05, 3.63) is 23.4 Å². The molecule has 0 saturated carbocycles. The van der Waals surface area contributed by atoms with Crippen molar-refractivity contribution < 1.29 is 4.79 Å². The van der Waals surface area contributed by atoms with E-state index in [1.165, 1.54) is 6.42 Å². The van der Waals surface area contributed by atoms with E-state index in [4.69, 9.17) is 5.73 Å². The van der Waals surface area contributed by atoms with E-state index in [1.54, 1.807) is 12.1 Å². The topological polar surface area (TPSA) is 71.2 Å². The molecule has 1 aromatic rings. The van der Waals surface area contributed by atoms with Crippen molar-refractivity contribution >= 4 is 11.7 Å². The third-order valence-electron chi connectivity index (χ3n) is 3.66. The van der Waals surface area contributed by atoms with Crippen molar-refractivity contribution in [1.29, 1.82) is 0 Å². The summed E-state index contributed by atoms with van der Waals surface area (Å²) in [5.74, 6) is 0.266. The SMILES string of the molecule is Cc1cc(C(=O)NN2C(C)CCCC2C)cc(N)n1. The zero-order valence-electron chi connectivity index (χ0n) is 11.8. The Morgan fingerprint density at radius 2 is 2.00 bits per heavy atom. The van der Waals surface area contributed by atoms with Crippen molar-refractivity contribution in [2.75, 3.05) is 5.73 Å². The van der Waals surface area contributed by atoms with E-state index in [2.05, 4.69) is 29.3 Å². The Hall–Kier alpha value is -1.62. The summed E-state index contributed by atoms with van der Waals surface area (Å²) in [6, 6.07) is 4.10. The number of amides is 1. The van der Waals surface area contributed by atoms with Gasteiger partial charge in [0, 0.05) is 23.3 Å². The average molecular weight is 262 g/mol. The molecule has 1 fully saturated rings. The van der Waals surface area contributed by atoms with Gasteiger partial charge in [-0.2, -0.15) is 0 Å². The van der Waals surface area contributed by atoms with E-state index in [1.807, 2.05) is 6.92 Å². The molecule has 2 heterocycles. The Morgan fingerprint density at radius 1 is 1.37 bits per heavy atom. The van der Waals surface area contributed by atoms with Gasteiger partial charge < -0.3 is 5.73 Å². The van der Waals surface area contributed by atoms with Crippen molar-refractivity contribution in [1.82, 2.24) is 15.4 Å². The van der Waals surface area contributed by atoms with Crippen LogP contribution in [0, 0.1) is 6.92 Å². The van der Waals surface area contributed by atoms with Gasteiger partial charge in [-0.05, 0) is 45.7 Å². The van der Waals surface area contributed by atoms with Gasteiger partial charge in [0.2, 0.25) is 0 Å². The molecular weight excluding hydrogens is 240 g/mol. The van der Waals surface area contributed by atoms with Crippen LogP contribution in [0.3, 0.4) is 0 Å². The lowest BCUT2D eigenvalue weighted by atomic mass is 10.00. The Balaban J connectivity index is 2.11. The van der Waals surface area contributed by atoms with Gasteiger partial charge in [-0.1, -0.05) is 6.42 Å². The average Bonchev–Trinajstić information content (AvgIpc) is 2.32. The molecule has 0 spiro atoms. The van der Waals surface area contributed by atoms with Gasteiger partial charge in [0.25, 0.3) is 5.91 Å². The standard InChI is InChI=1S/C14H22N4O/c1-9-7-12(8-13(15)16-9)14(19)17-18-10(2)5-4-6-11(18)3/h7-8,10-11H,4-6H2,1-3H3,(H2,15,16)(H,17,19). The summed E-state index contributed by atoms with van der Waals surface area (Å²) < 4.78 is 0. The molecule has 2 atom stereocenters. The summed E-state index contributed by atoms with van der Waals surface area (Å²) in [5.41, 5.74) is 10.00. The Kier molecular flexibility index (Phi) is 4.04. The van der Waals surface area contributed by atoms with Crippen LogP contribution in [0.15, 0.2) is 12.1 Å². The molecule has 1 aliphatic rings. The minimum absolute atomic E-state index is 0.113. The number of piperidine rings is 1. The van der Waals surface area contributed by atoms with Crippen LogP contribution in [0.25, 0.3) is 0 Å². The second kappa shape index (κ2) is 5.57. The van der Waals surface area contributed by atoms with Gasteiger partial charge in [0.15, 0.2) is 0 Å². The largest absolute Gasteiger partial charge is 0.384 e. The first-order valence-electron chi connectivity index (χ1n) is 6.81. The number of anilines is 1. The number of carbonyl (C=O) groups excluding carboxylic acids is 1. The van der Waals surface area contributed by atoms with E-state index in [9.17, 15) is 4.79 Å². The van der Waals surface area contributed by atoms with Crippen molar-refractivity contribution in [2.24, 2.45) is 0 Å². The molecule has 3 N–H and O–H groups in total. The number of rotatable bonds is 2. The highest BCUT2D eigenvalue weighted by atomic mass is 16.2. The number of nitrogens with zero attached hydrogens (tertiary/aromatic N) is 2. The normalized spacial score (nSPS) is 24.2. The monoisotopic (exact) mass is 262 g/mol. The molecule has 5 nitrogen and oxygen atoms in total. The van der Waals surface area contributed by atoms with Gasteiger partial charge in [0.05, 0.1) is 0 Å². The van der Waals surface area contributed by atoms with Crippen LogP contribution in [0.2, 0.25) is 0 Å². The fourth-order valence-electron chi connectivity index (χ4n) is 2.65. The molecule has 1 saturated heterocycles. The first-order valence-corrected chi connectivity index (χ1v) is 6.81. The minimum atomic E-state index is -0.113. The number of nitrogen functional groups attached to an aromatic ring is 1. The molecule has 0 bridgehead atoms. The third kappa shape index (κ3) is 3.23. The Morgan fingerprint density at radius 3 is 2.58 bits per heavy atom. The summed E-state index contributed by atoms with van der Waals surface area (Å²) in [4.78, 5) is 16.3. The van der Waals surface area contributed by atoms with Gasteiger partial charge in [-0.3, -0.25) is 10.2 Å². The molecular formula is C14H22N4O. The summed E-state index contributed by atoms with van der Waals surface area (Å²) in [6.07, 6.45) is 3.44.